The lowest BCUT2D eigenvalue weighted by Gasteiger charge is -2.34. The first kappa shape index (κ1) is 15.8. The van der Waals surface area contributed by atoms with Crippen LogP contribution in [0.1, 0.15) is 12.0 Å². The summed E-state index contributed by atoms with van der Waals surface area (Å²) in [5.74, 6) is 0.0258. The van der Waals surface area contributed by atoms with Gasteiger partial charge >= 0.3 is 0 Å². The molecule has 0 aromatic heterocycles. The molecule has 1 fully saturated rings. The van der Waals surface area contributed by atoms with Gasteiger partial charge in [-0.3, -0.25) is 9.59 Å². The van der Waals surface area contributed by atoms with Gasteiger partial charge in [0.25, 0.3) is 0 Å². The van der Waals surface area contributed by atoms with Crippen LogP contribution in [0.5, 0.6) is 0 Å². The Bertz CT molecular complexity index is 504. The van der Waals surface area contributed by atoms with Gasteiger partial charge < -0.3 is 15.1 Å². The molecular formula is C15H20ClN3O2. The quantitative estimate of drug-likeness (QED) is 0.887. The molecule has 114 valence electrons. The van der Waals surface area contributed by atoms with Crippen LogP contribution in [0.2, 0.25) is 5.02 Å². The fourth-order valence-electron chi connectivity index (χ4n) is 2.29. The third-order valence-corrected chi connectivity index (χ3v) is 3.80. The highest BCUT2D eigenvalue weighted by Crippen LogP contribution is 2.13. The second-order valence-electron chi connectivity index (χ2n) is 5.11. The summed E-state index contributed by atoms with van der Waals surface area (Å²) in [4.78, 5) is 27.5. The van der Waals surface area contributed by atoms with Gasteiger partial charge in [-0.1, -0.05) is 23.7 Å². The molecule has 1 heterocycles. The Morgan fingerprint density at radius 3 is 2.62 bits per heavy atom. The molecule has 0 unspecified atom stereocenters. The SMILES string of the molecule is CNCCC(=O)N1CCN(Cc2ccc(Cl)cc2)C(=O)C1. The van der Waals surface area contributed by atoms with Gasteiger partial charge in [-0.25, -0.2) is 0 Å². The molecule has 1 saturated heterocycles. The molecule has 0 atom stereocenters. The zero-order chi connectivity index (χ0) is 15.2. The van der Waals surface area contributed by atoms with Crippen molar-refractivity contribution in [2.45, 2.75) is 13.0 Å². The third kappa shape index (κ3) is 4.44. The van der Waals surface area contributed by atoms with Crippen molar-refractivity contribution >= 4 is 23.4 Å². The molecule has 2 rings (SSSR count). The Labute approximate surface area is 129 Å². The fourth-order valence-corrected chi connectivity index (χ4v) is 2.41. The van der Waals surface area contributed by atoms with Gasteiger partial charge in [-0.05, 0) is 24.7 Å². The molecule has 0 aliphatic carbocycles. The van der Waals surface area contributed by atoms with E-state index in [1.165, 1.54) is 0 Å². The summed E-state index contributed by atoms with van der Waals surface area (Å²) in [5, 5.41) is 3.63. The number of carbonyl (C=O) groups is 2. The van der Waals surface area contributed by atoms with Gasteiger partial charge in [0.15, 0.2) is 0 Å². The molecule has 2 amide bonds. The Hall–Kier alpha value is -1.59. The lowest BCUT2D eigenvalue weighted by Crippen LogP contribution is -2.52. The lowest BCUT2D eigenvalue weighted by atomic mass is 10.2. The average molecular weight is 310 g/mol. The van der Waals surface area contributed by atoms with Gasteiger partial charge in [0, 0.05) is 37.6 Å². The lowest BCUT2D eigenvalue weighted by molar-refractivity contribution is -0.145. The Kier molecular flexibility index (Phi) is 5.59. The van der Waals surface area contributed by atoms with Gasteiger partial charge in [0.05, 0.1) is 6.54 Å². The number of halogens is 1. The number of benzene rings is 1. The van der Waals surface area contributed by atoms with E-state index in [0.29, 0.717) is 37.6 Å². The summed E-state index contributed by atoms with van der Waals surface area (Å²) in [6, 6.07) is 7.47. The first-order valence-electron chi connectivity index (χ1n) is 7.04. The molecule has 1 N–H and O–H groups in total. The van der Waals surface area contributed by atoms with Crippen LogP contribution in [0, 0.1) is 0 Å². The molecule has 6 heteroatoms. The molecular weight excluding hydrogens is 290 g/mol. The van der Waals surface area contributed by atoms with Crippen molar-refractivity contribution < 1.29 is 9.59 Å². The first-order valence-corrected chi connectivity index (χ1v) is 7.42. The van der Waals surface area contributed by atoms with Crippen molar-refractivity contribution in [3.63, 3.8) is 0 Å². The number of hydrogen-bond donors (Lipinski definition) is 1. The van der Waals surface area contributed by atoms with E-state index in [1.807, 2.05) is 31.3 Å². The number of nitrogens with one attached hydrogen (secondary N) is 1. The van der Waals surface area contributed by atoms with Crippen molar-refractivity contribution in [3.8, 4) is 0 Å². The van der Waals surface area contributed by atoms with E-state index in [9.17, 15) is 9.59 Å². The predicted molar refractivity (Wildman–Crippen MR) is 82.0 cm³/mol. The van der Waals surface area contributed by atoms with Crippen LogP contribution < -0.4 is 5.32 Å². The van der Waals surface area contributed by atoms with Gasteiger partial charge in [0.2, 0.25) is 11.8 Å². The number of nitrogens with zero attached hydrogens (tertiary/aromatic N) is 2. The highest BCUT2D eigenvalue weighted by atomic mass is 35.5. The molecule has 1 aliphatic rings. The van der Waals surface area contributed by atoms with E-state index in [4.69, 9.17) is 11.6 Å². The topological polar surface area (TPSA) is 52.7 Å². The Balaban J connectivity index is 1.87. The maximum Gasteiger partial charge on any atom is 0.242 e. The van der Waals surface area contributed by atoms with E-state index in [2.05, 4.69) is 5.32 Å². The van der Waals surface area contributed by atoms with Crippen molar-refractivity contribution in [2.24, 2.45) is 0 Å². The molecule has 0 saturated carbocycles. The van der Waals surface area contributed by atoms with Crippen LogP contribution >= 0.6 is 11.6 Å². The third-order valence-electron chi connectivity index (χ3n) is 3.55. The summed E-state index contributed by atoms with van der Waals surface area (Å²) in [7, 11) is 1.81. The fraction of sp³-hybridized carbons (Fsp3) is 0.467. The standard InChI is InChI=1S/C15H20ClN3O2/c1-17-7-6-14(20)19-9-8-18(15(21)11-19)10-12-2-4-13(16)5-3-12/h2-5,17H,6-11H2,1H3. The molecule has 1 aliphatic heterocycles. The largest absolute Gasteiger partial charge is 0.335 e. The minimum absolute atomic E-state index is 0.00555. The van der Waals surface area contributed by atoms with E-state index in [-0.39, 0.29) is 18.4 Å². The molecule has 21 heavy (non-hydrogen) atoms. The Morgan fingerprint density at radius 1 is 1.29 bits per heavy atom. The van der Waals surface area contributed by atoms with Crippen molar-refractivity contribution in [1.82, 2.24) is 15.1 Å². The highest BCUT2D eigenvalue weighted by molar-refractivity contribution is 6.30. The van der Waals surface area contributed by atoms with E-state index < -0.39 is 0 Å². The van der Waals surface area contributed by atoms with E-state index in [1.54, 1.807) is 9.80 Å². The summed E-state index contributed by atoms with van der Waals surface area (Å²) in [6.45, 7) is 2.55. The maximum absolute atomic E-state index is 12.1. The minimum Gasteiger partial charge on any atom is -0.335 e. The maximum atomic E-state index is 12.1. The van der Waals surface area contributed by atoms with Gasteiger partial charge in [-0.2, -0.15) is 0 Å². The second kappa shape index (κ2) is 7.43. The van der Waals surface area contributed by atoms with E-state index >= 15 is 0 Å². The summed E-state index contributed by atoms with van der Waals surface area (Å²) < 4.78 is 0. The number of amides is 2. The predicted octanol–water partition coefficient (Wildman–Crippen LogP) is 1.12. The zero-order valence-electron chi connectivity index (χ0n) is 12.1. The van der Waals surface area contributed by atoms with Crippen molar-refractivity contribution in [1.29, 1.82) is 0 Å². The van der Waals surface area contributed by atoms with Gasteiger partial charge in [0.1, 0.15) is 0 Å². The van der Waals surface area contributed by atoms with Crippen LogP contribution in [-0.2, 0) is 16.1 Å². The average Bonchev–Trinajstić information content (AvgIpc) is 2.49. The van der Waals surface area contributed by atoms with Crippen LogP contribution in [0.15, 0.2) is 24.3 Å². The molecule has 0 bridgehead atoms. The second-order valence-corrected chi connectivity index (χ2v) is 5.55. The summed E-state index contributed by atoms with van der Waals surface area (Å²) in [6.07, 6.45) is 0.432. The normalized spacial score (nSPS) is 15.4. The molecule has 1 aromatic rings. The highest BCUT2D eigenvalue weighted by Gasteiger charge is 2.26. The van der Waals surface area contributed by atoms with Crippen molar-refractivity contribution in [2.75, 3.05) is 33.2 Å². The summed E-state index contributed by atoms with van der Waals surface area (Å²) in [5.41, 5.74) is 1.04. The Morgan fingerprint density at radius 2 is 2.00 bits per heavy atom. The molecule has 0 radical (unpaired) electrons. The van der Waals surface area contributed by atoms with Crippen LogP contribution in [0.25, 0.3) is 0 Å². The smallest absolute Gasteiger partial charge is 0.242 e. The van der Waals surface area contributed by atoms with Crippen LogP contribution in [0.3, 0.4) is 0 Å². The molecule has 0 spiro atoms. The number of rotatable bonds is 5. The van der Waals surface area contributed by atoms with Crippen LogP contribution in [-0.4, -0.2) is 54.8 Å². The first-order chi connectivity index (χ1) is 10.1. The van der Waals surface area contributed by atoms with Gasteiger partial charge in [-0.15, -0.1) is 0 Å². The molecule has 5 nitrogen and oxygen atoms in total. The van der Waals surface area contributed by atoms with Crippen LogP contribution in [0.4, 0.5) is 0 Å². The zero-order valence-corrected chi connectivity index (χ0v) is 12.9. The van der Waals surface area contributed by atoms with Crippen molar-refractivity contribution in [3.05, 3.63) is 34.9 Å². The summed E-state index contributed by atoms with van der Waals surface area (Å²) >= 11 is 5.85. The van der Waals surface area contributed by atoms with E-state index in [0.717, 1.165) is 5.56 Å². The number of piperazine rings is 1. The minimum atomic E-state index is -0.00555. The molecule has 1 aromatic carbocycles. The monoisotopic (exact) mass is 309 g/mol. The number of carbonyl (C=O) groups excluding carboxylic acids is 2. The number of hydrogen-bond acceptors (Lipinski definition) is 3.